The fraction of sp³-hybridized carbons (Fsp3) is 0.214. The number of carbonyl (C=O) groups is 1. The van der Waals surface area contributed by atoms with Crippen molar-refractivity contribution >= 4 is 11.9 Å². The molecule has 92 valence electrons. The normalized spacial score (nSPS) is 11.1. The van der Waals surface area contributed by atoms with Crippen molar-refractivity contribution in [3.05, 3.63) is 53.1 Å². The quantitative estimate of drug-likeness (QED) is 0.612. The van der Waals surface area contributed by atoms with Crippen molar-refractivity contribution in [3.63, 3.8) is 0 Å². The highest BCUT2D eigenvalue weighted by Crippen LogP contribution is 2.13. The highest BCUT2D eigenvalue weighted by molar-refractivity contribution is 6.08. The molecular formula is C14H15N3O. The third-order valence-corrected chi connectivity index (χ3v) is 2.87. The number of aryl methyl sites for hydroxylation is 2. The monoisotopic (exact) mass is 241 g/mol. The van der Waals surface area contributed by atoms with Gasteiger partial charge in [-0.3, -0.25) is 14.5 Å². The van der Waals surface area contributed by atoms with Gasteiger partial charge in [-0.25, -0.2) is 0 Å². The van der Waals surface area contributed by atoms with E-state index in [1.165, 1.54) is 0 Å². The van der Waals surface area contributed by atoms with E-state index in [0.717, 1.165) is 17.0 Å². The van der Waals surface area contributed by atoms with Crippen LogP contribution in [0.5, 0.6) is 0 Å². The second-order valence-corrected chi connectivity index (χ2v) is 4.15. The maximum absolute atomic E-state index is 12.1. The number of hydrogen-bond acceptors (Lipinski definition) is 3. The second kappa shape index (κ2) is 4.96. The van der Waals surface area contributed by atoms with Gasteiger partial charge in [-0.05, 0) is 37.6 Å². The Bertz CT molecular complexity index is 597. The van der Waals surface area contributed by atoms with Crippen LogP contribution in [0.25, 0.3) is 6.08 Å². The van der Waals surface area contributed by atoms with E-state index in [0.29, 0.717) is 5.56 Å². The fourth-order valence-corrected chi connectivity index (χ4v) is 1.86. The standard InChI is InChI=1S/C14H15N3O/c1-10-14(11(2)17(3)16-10)13(18)7-6-12-5-4-8-15-9-12/h4-9H,1-3H3. The summed E-state index contributed by atoms with van der Waals surface area (Å²) < 4.78 is 1.72. The zero-order valence-electron chi connectivity index (χ0n) is 10.7. The van der Waals surface area contributed by atoms with Crippen LogP contribution in [0.15, 0.2) is 30.6 Å². The van der Waals surface area contributed by atoms with Gasteiger partial charge in [0.2, 0.25) is 0 Å². The predicted molar refractivity (Wildman–Crippen MR) is 70.3 cm³/mol. The zero-order valence-corrected chi connectivity index (χ0v) is 10.7. The second-order valence-electron chi connectivity index (χ2n) is 4.15. The molecule has 0 fully saturated rings. The van der Waals surface area contributed by atoms with E-state index >= 15 is 0 Å². The Morgan fingerprint density at radius 2 is 2.17 bits per heavy atom. The SMILES string of the molecule is Cc1nn(C)c(C)c1C(=O)C=Cc1cccnc1. The van der Waals surface area contributed by atoms with Gasteiger partial charge < -0.3 is 0 Å². The molecule has 0 aliphatic carbocycles. The van der Waals surface area contributed by atoms with Crippen molar-refractivity contribution < 1.29 is 4.79 Å². The van der Waals surface area contributed by atoms with E-state index in [1.54, 1.807) is 29.2 Å². The summed E-state index contributed by atoms with van der Waals surface area (Å²) in [6.07, 6.45) is 6.75. The molecule has 0 radical (unpaired) electrons. The van der Waals surface area contributed by atoms with Crippen LogP contribution in [0.3, 0.4) is 0 Å². The first kappa shape index (κ1) is 12.2. The molecule has 18 heavy (non-hydrogen) atoms. The Balaban J connectivity index is 2.25. The number of pyridine rings is 1. The topological polar surface area (TPSA) is 47.8 Å². The van der Waals surface area contributed by atoms with Crippen molar-refractivity contribution in [2.24, 2.45) is 7.05 Å². The number of nitrogens with zero attached hydrogens (tertiary/aromatic N) is 3. The summed E-state index contributed by atoms with van der Waals surface area (Å²) in [6, 6.07) is 3.74. The molecule has 2 aromatic rings. The average molecular weight is 241 g/mol. The van der Waals surface area contributed by atoms with Gasteiger partial charge in [0, 0.05) is 25.1 Å². The van der Waals surface area contributed by atoms with E-state index in [2.05, 4.69) is 10.1 Å². The van der Waals surface area contributed by atoms with Gasteiger partial charge in [-0.2, -0.15) is 5.10 Å². The molecule has 2 rings (SSSR count). The molecule has 4 heteroatoms. The maximum atomic E-state index is 12.1. The fourth-order valence-electron chi connectivity index (χ4n) is 1.86. The number of hydrogen-bond donors (Lipinski definition) is 0. The van der Waals surface area contributed by atoms with Crippen LogP contribution in [0.1, 0.15) is 27.3 Å². The summed E-state index contributed by atoms with van der Waals surface area (Å²) in [5.41, 5.74) is 3.23. The molecule has 0 bridgehead atoms. The van der Waals surface area contributed by atoms with E-state index in [1.807, 2.05) is 33.0 Å². The lowest BCUT2D eigenvalue weighted by atomic mass is 10.1. The van der Waals surface area contributed by atoms with E-state index < -0.39 is 0 Å². The summed E-state index contributed by atoms with van der Waals surface area (Å²) in [6.45, 7) is 3.74. The third-order valence-electron chi connectivity index (χ3n) is 2.87. The third kappa shape index (κ3) is 2.37. The minimum atomic E-state index is -0.0260. The van der Waals surface area contributed by atoms with Crippen molar-refractivity contribution in [3.8, 4) is 0 Å². The van der Waals surface area contributed by atoms with Gasteiger partial charge in [0.1, 0.15) is 0 Å². The number of aromatic nitrogens is 3. The summed E-state index contributed by atoms with van der Waals surface area (Å²) in [7, 11) is 1.84. The largest absolute Gasteiger partial charge is 0.289 e. The molecule has 0 aliphatic heterocycles. The first-order valence-electron chi connectivity index (χ1n) is 5.72. The van der Waals surface area contributed by atoms with Gasteiger partial charge >= 0.3 is 0 Å². The Morgan fingerprint density at radius 3 is 2.72 bits per heavy atom. The summed E-state index contributed by atoms with van der Waals surface area (Å²) >= 11 is 0. The van der Waals surface area contributed by atoms with Gasteiger partial charge in [-0.1, -0.05) is 6.07 Å². The van der Waals surface area contributed by atoms with Crippen molar-refractivity contribution in [2.45, 2.75) is 13.8 Å². The van der Waals surface area contributed by atoms with Crippen LogP contribution in [-0.2, 0) is 7.05 Å². The molecule has 2 aromatic heterocycles. The molecule has 0 amide bonds. The molecule has 0 atom stereocenters. The lowest BCUT2D eigenvalue weighted by molar-refractivity contribution is 0.104. The summed E-state index contributed by atoms with van der Waals surface area (Å²) in [4.78, 5) is 16.1. The minimum absolute atomic E-state index is 0.0260. The smallest absolute Gasteiger partial charge is 0.189 e. The average Bonchev–Trinajstić information content (AvgIpc) is 2.62. The Kier molecular flexibility index (Phi) is 3.37. The van der Waals surface area contributed by atoms with Crippen LogP contribution < -0.4 is 0 Å². The molecule has 0 N–H and O–H groups in total. The Morgan fingerprint density at radius 1 is 1.39 bits per heavy atom. The summed E-state index contributed by atoms with van der Waals surface area (Å²) in [5.74, 6) is -0.0260. The van der Waals surface area contributed by atoms with Crippen LogP contribution in [-0.4, -0.2) is 20.5 Å². The molecule has 4 nitrogen and oxygen atoms in total. The number of ketones is 1. The van der Waals surface area contributed by atoms with Gasteiger partial charge in [-0.15, -0.1) is 0 Å². The summed E-state index contributed by atoms with van der Waals surface area (Å²) in [5, 5.41) is 4.24. The van der Waals surface area contributed by atoms with Gasteiger partial charge in [0.05, 0.1) is 11.3 Å². The van der Waals surface area contributed by atoms with Crippen LogP contribution in [0.4, 0.5) is 0 Å². The molecule has 2 heterocycles. The number of allylic oxidation sites excluding steroid dienone is 1. The zero-order chi connectivity index (χ0) is 13.1. The molecule has 0 unspecified atom stereocenters. The van der Waals surface area contributed by atoms with Crippen molar-refractivity contribution in [2.75, 3.05) is 0 Å². The highest BCUT2D eigenvalue weighted by Gasteiger charge is 2.14. The van der Waals surface area contributed by atoms with Crippen LogP contribution >= 0.6 is 0 Å². The predicted octanol–water partition coefficient (Wildman–Crippen LogP) is 2.33. The van der Waals surface area contributed by atoms with E-state index in [4.69, 9.17) is 0 Å². The Labute approximate surface area is 106 Å². The lowest BCUT2D eigenvalue weighted by Gasteiger charge is -1.96. The van der Waals surface area contributed by atoms with Crippen LogP contribution in [0, 0.1) is 13.8 Å². The minimum Gasteiger partial charge on any atom is -0.289 e. The Hall–Kier alpha value is -2.23. The van der Waals surface area contributed by atoms with E-state index in [-0.39, 0.29) is 5.78 Å². The van der Waals surface area contributed by atoms with E-state index in [9.17, 15) is 4.79 Å². The molecule has 0 aliphatic rings. The van der Waals surface area contributed by atoms with Crippen molar-refractivity contribution in [1.29, 1.82) is 0 Å². The molecular weight excluding hydrogens is 226 g/mol. The maximum Gasteiger partial charge on any atom is 0.189 e. The van der Waals surface area contributed by atoms with Crippen LogP contribution in [0.2, 0.25) is 0 Å². The molecule has 0 aromatic carbocycles. The lowest BCUT2D eigenvalue weighted by Crippen LogP contribution is -1.99. The number of rotatable bonds is 3. The van der Waals surface area contributed by atoms with Gasteiger partial charge in [0.15, 0.2) is 5.78 Å². The first-order valence-corrected chi connectivity index (χ1v) is 5.72. The number of carbonyl (C=O) groups excluding carboxylic acids is 1. The molecule has 0 saturated heterocycles. The van der Waals surface area contributed by atoms with Crippen molar-refractivity contribution in [1.82, 2.24) is 14.8 Å². The highest BCUT2D eigenvalue weighted by atomic mass is 16.1. The first-order chi connectivity index (χ1) is 8.59. The molecule has 0 saturated carbocycles. The van der Waals surface area contributed by atoms with Gasteiger partial charge in [0.25, 0.3) is 0 Å². The molecule has 0 spiro atoms.